The number of carbonyl (C=O) groups excluding carboxylic acids is 1. The van der Waals surface area contributed by atoms with Crippen molar-refractivity contribution in [1.82, 2.24) is 10.2 Å². The number of hydrogen-bond acceptors (Lipinski definition) is 2. The van der Waals surface area contributed by atoms with Gasteiger partial charge in [0, 0.05) is 13.6 Å². The van der Waals surface area contributed by atoms with Crippen molar-refractivity contribution in [2.75, 3.05) is 27.2 Å². The molecule has 0 aliphatic heterocycles. The van der Waals surface area contributed by atoms with Crippen molar-refractivity contribution >= 4 is 5.91 Å². The molecule has 0 radical (unpaired) electrons. The van der Waals surface area contributed by atoms with E-state index in [2.05, 4.69) is 17.2 Å². The van der Waals surface area contributed by atoms with Gasteiger partial charge in [-0.25, -0.2) is 0 Å². The van der Waals surface area contributed by atoms with Gasteiger partial charge in [0.1, 0.15) is 0 Å². The number of amides is 1. The monoisotopic (exact) mass is 168 g/mol. The van der Waals surface area contributed by atoms with Crippen LogP contribution < -0.4 is 5.32 Å². The van der Waals surface area contributed by atoms with E-state index in [9.17, 15) is 4.79 Å². The van der Waals surface area contributed by atoms with Gasteiger partial charge >= 0.3 is 0 Å². The summed E-state index contributed by atoms with van der Waals surface area (Å²) >= 11 is 0. The highest BCUT2D eigenvalue weighted by molar-refractivity contribution is 5.93. The van der Waals surface area contributed by atoms with E-state index in [0.717, 1.165) is 19.5 Å². The number of nitrogens with one attached hydrogen (secondary N) is 1. The molecular formula is C9H16N2O. The number of hydrogen-bond donors (Lipinski definition) is 1. The van der Waals surface area contributed by atoms with Crippen LogP contribution in [0.5, 0.6) is 0 Å². The van der Waals surface area contributed by atoms with Crippen LogP contribution in [0, 0.1) is 11.8 Å². The summed E-state index contributed by atoms with van der Waals surface area (Å²) in [7, 11) is 3.66. The normalized spacial score (nSPS) is 8.58. The molecule has 0 rings (SSSR count). The van der Waals surface area contributed by atoms with Crippen LogP contribution in [-0.4, -0.2) is 38.0 Å². The Morgan fingerprint density at radius 2 is 2.25 bits per heavy atom. The lowest BCUT2D eigenvalue weighted by Gasteiger charge is -2.12. The van der Waals surface area contributed by atoms with Crippen LogP contribution >= 0.6 is 0 Å². The summed E-state index contributed by atoms with van der Waals surface area (Å²) in [5.74, 6) is 4.97. The summed E-state index contributed by atoms with van der Waals surface area (Å²) in [5, 5.41) is 3.02. The first-order valence-electron chi connectivity index (χ1n) is 4.04. The van der Waals surface area contributed by atoms with Gasteiger partial charge in [0.15, 0.2) is 0 Å². The summed E-state index contributed by atoms with van der Waals surface area (Å²) < 4.78 is 0. The van der Waals surface area contributed by atoms with Gasteiger partial charge in [0.05, 0.1) is 0 Å². The van der Waals surface area contributed by atoms with Crippen molar-refractivity contribution in [3.8, 4) is 11.8 Å². The molecule has 0 heterocycles. The van der Waals surface area contributed by atoms with E-state index in [1.807, 2.05) is 7.05 Å². The van der Waals surface area contributed by atoms with E-state index in [1.165, 1.54) is 0 Å². The predicted molar refractivity (Wildman–Crippen MR) is 49.6 cm³/mol. The third kappa shape index (κ3) is 4.75. The fourth-order valence-electron chi connectivity index (χ4n) is 0.797. The molecule has 12 heavy (non-hydrogen) atoms. The van der Waals surface area contributed by atoms with Crippen LogP contribution in [-0.2, 0) is 4.79 Å². The lowest BCUT2D eigenvalue weighted by Crippen LogP contribution is -2.28. The van der Waals surface area contributed by atoms with Crippen LogP contribution in [0.25, 0.3) is 0 Å². The highest BCUT2D eigenvalue weighted by atomic mass is 16.2. The minimum atomic E-state index is -0.103. The van der Waals surface area contributed by atoms with E-state index in [1.54, 1.807) is 18.9 Å². The molecule has 1 N–H and O–H groups in total. The Balaban J connectivity index is 3.61. The second kappa shape index (κ2) is 6.68. The Bertz CT molecular complexity index is 190. The maximum absolute atomic E-state index is 11.1. The van der Waals surface area contributed by atoms with Crippen LogP contribution in [0.3, 0.4) is 0 Å². The van der Waals surface area contributed by atoms with Crippen molar-refractivity contribution in [3.63, 3.8) is 0 Å². The van der Waals surface area contributed by atoms with Crippen molar-refractivity contribution in [1.29, 1.82) is 0 Å². The molecule has 0 aliphatic carbocycles. The van der Waals surface area contributed by atoms with Crippen LogP contribution in [0.1, 0.15) is 13.3 Å². The van der Waals surface area contributed by atoms with Gasteiger partial charge in [-0.3, -0.25) is 4.79 Å². The van der Waals surface area contributed by atoms with E-state index < -0.39 is 0 Å². The van der Waals surface area contributed by atoms with Crippen molar-refractivity contribution in [3.05, 3.63) is 0 Å². The molecule has 0 bridgehead atoms. The molecule has 0 aromatic carbocycles. The summed E-state index contributed by atoms with van der Waals surface area (Å²) in [6.07, 6.45) is 0.962. The molecule has 0 fully saturated rings. The largest absolute Gasteiger partial charge is 0.335 e. The molecule has 0 unspecified atom stereocenters. The smallest absolute Gasteiger partial charge is 0.298 e. The van der Waals surface area contributed by atoms with Crippen molar-refractivity contribution < 1.29 is 4.79 Å². The molecule has 0 atom stereocenters. The zero-order valence-corrected chi connectivity index (χ0v) is 7.98. The Labute approximate surface area is 74.1 Å². The molecule has 0 aromatic rings. The third-order valence-electron chi connectivity index (χ3n) is 1.50. The number of carbonyl (C=O) groups is 1. The van der Waals surface area contributed by atoms with Gasteiger partial charge in [-0.15, -0.1) is 0 Å². The first kappa shape index (κ1) is 11.0. The summed E-state index contributed by atoms with van der Waals surface area (Å²) in [5.41, 5.74) is 0. The van der Waals surface area contributed by atoms with E-state index in [0.29, 0.717) is 0 Å². The minimum Gasteiger partial charge on any atom is -0.335 e. The Morgan fingerprint density at radius 3 is 2.75 bits per heavy atom. The zero-order valence-electron chi connectivity index (χ0n) is 7.98. The van der Waals surface area contributed by atoms with Crippen molar-refractivity contribution in [2.24, 2.45) is 0 Å². The second-order valence-electron chi connectivity index (χ2n) is 2.56. The molecule has 0 saturated carbocycles. The Kier molecular flexibility index (Phi) is 6.12. The molecule has 68 valence electrons. The van der Waals surface area contributed by atoms with Gasteiger partial charge in [0.25, 0.3) is 5.91 Å². The van der Waals surface area contributed by atoms with E-state index >= 15 is 0 Å². The van der Waals surface area contributed by atoms with Gasteiger partial charge < -0.3 is 10.2 Å². The van der Waals surface area contributed by atoms with Gasteiger partial charge in [-0.05, 0) is 32.9 Å². The number of nitrogens with zero attached hydrogens (tertiary/aromatic N) is 1. The van der Waals surface area contributed by atoms with Crippen LogP contribution in [0.2, 0.25) is 0 Å². The lowest BCUT2D eigenvalue weighted by molar-refractivity contribution is -0.123. The average Bonchev–Trinajstić information content (AvgIpc) is 2.05. The molecule has 3 heteroatoms. The summed E-state index contributed by atoms with van der Waals surface area (Å²) in [6, 6.07) is 0. The molecule has 0 aromatic heterocycles. The first-order chi connectivity index (χ1) is 5.72. The molecule has 1 amide bonds. The Hall–Kier alpha value is -1.01. The highest BCUT2D eigenvalue weighted by Gasteiger charge is 2.02. The third-order valence-corrected chi connectivity index (χ3v) is 1.50. The predicted octanol–water partition coefficient (Wildman–Crippen LogP) is 0.0776. The maximum atomic E-state index is 11.1. The standard InChI is InChI=1S/C9H16N2O/c1-4-6-9(12)11(3)8-5-7-10-2/h10H,5,7-8H2,1-3H3. The molecule has 0 aliphatic rings. The summed E-state index contributed by atoms with van der Waals surface area (Å²) in [4.78, 5) is 12.7. The second-order valence-corrected chi connectivity index (χ2v) is 2.56. The van der Waals surface area contributed by atoms with E-state index in [4.69, 9.17) is 0 Å². The maximum Gasteiger partial charge on any atom is 0.298 e. The topological polar surface area (TPSA) is 32.3 Å². The average molecular weight is 168 g/mol. The fraction of sp³-hybridized carbons (Fsp3) is 0.667. The van der Waals surface area contributed by atoms with Gasteiger partial charge in [-0.1, -0.05) is 5.92 Å². The number of rotatable bonds is 4. The molecule has 0 spiro atoms. The fourth-order valence-corrected chi connectivity index (χ4v) is 0.797. The van der Waals surface area contributed by atoms with Crippen LogP contribution in [0.4, 0.5) is 0 Å². The van der Waals surface area contributed by atoms with Crippen LogP contribution in [0.15, 0.2) is 0 Å². The molecule has 3 nitrogen and oxygen atoms in total. The van der Waals surface area contributed by atoms with Gasteiger partial charge in [-0.2, -0.15) is 0 Å². The quantitative estimate of drug-likeness (QED) is 0.476. The highest BCUT2D eigenvalue weighted by Crippen LogP contribution is 1.86. The minimum absolute atomic E-state index is 0.103. The van der Waals surface area contributed by atoms with E-state index in [-0.39, 0.29) is 5.91 Å². The molecular weight excluding hydrogens is 152 g/mol. The first-order valence-corrected chi connectivity index (χ1v) is 4.04. The van der Waals surface area contributed by atoms with Gasteiger partial charge in [0.2, 0.25) is 0 Å². The Morgan fingerprint density at radius 1 is 1.58 bits per heavy atom. The summed E-state index contributed by atoms with van der Waals surface area (Å²) in [6.45, 7) is 3.35. The molecule has 0 saturated heterocycles. The SMILES string of the molecule is CC#CC(=O)N(C)CCCNC. The lowest BCUT2D eigenvalue weighted by atomic mass is 10.4. The zero-order chi connectivity index (χ0) is 9.40. The van der Waals surface area contributed by atoms with Crippen molar-refractivity contribution in [2.45, 2.75) is 13.3 Å².